The second-order valence-corrected chi connectivity index (χ2v) is 15.1. The molecule has 41 heavy (non-hydrogen) atoms. The highest BCUT2D eigenvalue weighted by Gasteiger charge is 2.62. The maximum absolute atomic E-state index is 13.8. The summed E-state index contributed by atoms with van der Waals surface area (Å²) in [6.07, 6.45) is 5.50. The SMILES string of the molecule is CC(C)C(=O)CC(O)[C@@H](C)[C@H]1CC(=O)C2=C3CC[C@H]4C(C)(C)[C@@H](OC(=O)c5ccccc5)CC[C@]4(C)[C@H]3CC[C@@]21C. The number of fused-ring (bicyclic) bond motifs is 4. The van der Waals surface area contributed by atoms with E-state index in [1.165, 1.54) is 5.57 Å². The van der Waals surface area contributed by atoms with Crippen LogP contribution in [0, 0.1) is 45.8 Å². The Morgan fingerprint density at radius 2 is 1.68 bits per heavy atom. The van der Waals surface area contributed by atoms with Crippen molar-refractivity contribution >= 4 is 17.5 Å². The fourth-order valence-corrected chi connectivity index (χ4v) is 9.83. The van der Waals surface area contributed by atoms with Gasteiger partial charge in [-0.25, -0.2) is 4.79 Å². The van der Waals surface area contributed by atoms with Gasteiger partial charge in [-0.2, -0.15) is 0 Å². The van der Waals surface area contributed by atoms with Gasteiger partial charge in [0.05, 0.1) is 11.7 Å². The van der Waals surface area contributed by atoms with Crippen LogP contribution in [-0.4, -0.2) is 34.9 Å². The third-order valence-electron chi connectivity index (χ3n) is 12.3. The number of Topliss-reactive ketones (excluding diaryl/α,β-unsaturated/α-hetero) is 2. The Kier molecular flexibility index (Phi) is 7.94. The van der Waals surface area contributed by atoms with Gasteiger partial charge in [-0.15, -0.1) is 0 Å². The van der Waals surface area contributed by atoms with Gasteiger partial charge in [0.2, 0.25) is 0 Å². The molecule has 4 aliphatic carbocycles. The third kappa shape index (κ3) is 4.94. The Morgan fingerprint density at radius 3 is 2.34 bits per heavy atom. The van der Waals surface area contributed by atoms with E-state index in [9.17, 15) is 19.5 Å². The van der Waals surface area contributed by atoms with Gasteiger partial charge in [0.25, 0.3) is 0 Å². The van der Waals surface area contributed by atoms with Crippen molar-refractivity contribution in [1.82, 2.24) is 0 Å². The summed E-state index contributed by atoms with van der Waals surface area (Å²) >= 11 is 0. The smallest absolute Gasteiger partial charge is 0.338 e. The van der Waals surface area contributed by atoms with Crippen LogP contribution in [0.15, 0.2) is 41.5 Å². The summed E-state index contributed by atoms with van der Waals surface area (Å²) in [6.45, 7) is 15.0. The van der Waals surface area contributed by atoms with E-state index in [0.29, 0.717) is 23.8 Å². The molecule has 0 spiro atoms. The average Bonchev–Trinajstić information content (AvgIpc) is 3.20. The van der Waals surface area contributed by atoms with Crippen LogP contribution in [0.5, 0.6) is 0 Å². The summed E-state index contributed by atoms with van der Waals surface area (Å²) in [5.41, 5.74) is 2.67. The van der Waals surface area contributed by atoms with Crippen LogP contribution in [0.1, 0.15) is 110 Å². The van der Waals surface area contributed by atoms with Crippen molar-refractivity contribution in [2.75, 3.05) is 0 Å². The van der Waals surface area contributed by atoms with Crippen LogP contribution < -0.4 is 0 Å². The first-order chi connectivity index (χ1) is 19.2. The topological polar surface area (TPSA) is 80.7 Å². The maximum Gasteiger partial charge on any atom is 0.338 e. The molecule has 4 aliphatic rings. The maximum atomic E-state index is 13.8. The number of rotatable bonds is 7. The number of hydrogen-bond donors (Lipinski definition) is 1. The summed E-state index contributed by atoms with van der Waals surface area (Å²) in [5.74, 6) is 0.714. The second kappa shape index (κ2) is 10.8. The minimum absolute atomic E-state index is 0.0498. The van der Waals surface area contributed by atoms with E-state index in [2.05, 4.69) is 27.7 Å². The molecule has 224 valence electrons. The fourth-order valence-electron chi connectivity index (χ4n) is 9.83. The lowest BCUT2D eigenvalue weighted by Crippen LogP contribution is -2.57. The van der Waals surface area contributed by atoms with E-state index in [1.807, 2.05) is 51.1 Å². The molecule has 8 atom stereocenters. The molecule has 5 heteroatoms. The Bertz CT molecular complexity index is 1230. The normalized spacial score (nSPS) is 35.8. The summed E-state index contributed by atoms with van der Waals surface area (Å²) in [4.78, 5) is 39.2. The first-order valence-electron chi connectivity index (χ1n) is 15.9. The molecule has 0 aromatic heterocycles. The number of esters is 1. The molecule has 5 nitrogen and oxygen atoms in total. The standard InChI is InChI=1S/C36H50O5/c1-21(2)27(37)20-28(38)22(3)26-19-29(39)32-24-13-14-30-34(4,5)31(41-33(40)23-11-9-8-10-12-23)16-18-35(30,6)25(24)15-17-36(26,32)7/h8-12,21-22,25-26,28,30-31,38H,13-20H2,1-7H3/t22-,25-,26+,28?,30-,31-,35+,36+/m0/s1. The van der Waals surface area contributed by atoms with Gasteiger partial charge < -0.3 is 9.84 Å². The number of aliphatic hydroxyl groups is 1. The molecule has 1 unspecified atom stereocenters. The second-order valence-electron chi connectivity index (χ2n) is 15.1. The number of benzene rings is 1. The fraction of sp³-hybridized carbons (Fsp3) is 0.694. The van der Waals surface area contributed by atoms with Crippen molar-refractivity contribution in [3.05, 3.63) is 47.0 Å². The first kappa shape index (κ1) is 30.2. The highest BCUT2D eigenvalue weighted by molar-refractivity contribution is 6.00. The molecular weight excluding hydrogens is 512 g/mol. The number of allylic oxidation sites excluding steroid dienone is 2. The molecule has 0 amide bonds. The molecule has 3 saturated carbocycles. The van der Waals surface area contributed by atoms with Crippen LogP contribution in [0.25, 0.3) is 0 Å². The lowest BCUT2D eigenvalue weighted by molar-refractivity contribution is -0.133. The molecule has 1 aromatic carbocycles. The van der Waals surface area contributed by atoms with Crippen molar-refractivity contribution in [3.8, 4) is 0 Å². The average molecular weight is 563 g/mol. The molecule has 1 N–H and O–H groups in total. The van der Waals surface area contributed by atoms with E-state index in [0.717, 1.165) is 44.1 Å². The monoisotopic (exact) mass is 562 g/mol. The summed E-state index contributed by atoms with van der Waals surface area (Å²) < 4.78 is 6.18. The summed E-state index contributed by atoms with van der Waals surface area (Å²) in [7, 11) is 0. The molecule has 0 radical (unpaired) electrons. The van der Waals surface area contributed by atoms with Gasteiger partial charge in [-0.3, -0.25) is 9.59 Å². The zero-order valence-electron chi connectivity index (χ0n) is 26.2. The van der Waals surface area contributed by atoms with Crippen LogP contribution in [0.2, 0.25) is 0 Å². The molecule has 3 fully saturated rings. The number of carbonyl (C=O) groups excluding carboxylic acids is 3. The van der Waals surface area contributed by atoms with Gasteiger partial charge >= 0.3 is 5.97 Å². The molecule has 1 aromatic rings. The zero-order valence-corrected chi connectivity index (χ0v) is 26.2. The Hall–Kier alpha value is -2.27. The molecule has 0 saturated heterocycles. The molecular formula is C36H50O5. The first-order valence-corrected chi connectivity index (χ1v) is 15.9. The van der Waals surface area contributed by atoms with Crippen molar-refractivity contribution < 1.29 is 24.2 Å². The van der Waals surface area contributed by atoms with E-state index in [1.54, 1.807) is 0 Å². The van der Waals surface area contributed by atoms with Crippen molar-refractivity contribution in [1.29, 1.82) is 0 Å². The summed E-state index contributed by atoms with van der Waals surface area (Å²) in [6, 6.07) is 9.27. The predicted molar refractivity (Wildman–Crippen MR) is 160 cm³/mol. The number of ether oxygens (including phenoxy) is 1. The number of ketones is 2. The minimum Gasteiger partial charge on any atom is -0.458 e. The van der Waals surface area contributed by atoms with Crippen molar-refractivity contribution in [2.24, 2.45) is 45.8 Å². The van der Waals surface area contributed by atoms with Gasteiger partial charge in [0, 0.05) is 29.7 Å². The van der Waals surface area contributed by atoms with Crippen LogP contribution in [0.4, 0.5) is 0 Å². The Morgan fingerprint density at radius 1 is 1.00 bits per heavy atom. The van der Waals surface area contributed by atoms with Gasteiger partial charge in [-0.1, -0.05) is 72.2 Å². The highest BCUT2D eigenvalue weighted by atomic mass is 16.5. The molecule has 0 bridgehead atoms. The lowest BCUT2D eigenvalue weighted by atomic mass is 9.44. The number of carbonyl (C=O) groups is 3. The van der Waals surface area contributed by atoms with Crippen LogP contribution >= 0.6 is 0 Å². The van der Waals surface area contributed by atoms with Crippen molar-refractivity contribution in [2.45, 2.75) is 112 Å². The van der Waals surface area contributed by atoms with Gasteiger partial charge in [0.1, 0.15) is 11.9 Å². The number of hydrogen-bond acceptors (Lipinski definition) is 5. The largest absolute Gasteiger partial charge is 0.458 e. The zero-order chi connectivity index (χ0) is 29.9. The predicted octanol–water partition coefficient (Wildman–Crippen LogP) is 7.36. The van der Waals surface area contributed by atoms with E-state index >= 15 is 0 Å². The van der Waals surface area contributed by atoms with Gasteiger partial charge in [0.15, 0.2) is 5.78 Å². The number of aliphatic hydroxyl groups excluding tert-OH is 1. The van der Waals surface area contributed by atoms with E-state index in [-0.39, 0.29) is 64.1 Å². The van der Waals surface area contributed by atoms with Crippen LogP contribution in [0.3, 0.4) is 0 Å². The van der Waals surface area contributed by atoms with Crippen LogP contribution in [-0.2, 0) is 14.3 Å². The Labute approximate surface area is 246 Å². The van der Waals surface area contributed by atoms with E-state index < -0.39 is 6.10 Å². The van der Waals surface area contributed by atoms with Gasteiger partial charge in [-0.05, 0) is 85.2 Å². The molecule has 5 rings (SSSR count). The lowest BCUT2D eigenvalue weighted by Gasteiger charge is -2.61. The van der Waals surface area contributed by atoms with Crippen molar-refractivity contribution in [3.63, 3.8) is 0 Å². The third-order valence-corrected chi connectivity index (χ3v) is 12.3. The molecule has 0 aliphatic heterocycles. The summed E-state index contributed by atoms with van der Waals surface area (Å²) in [5, 5.41) is 11.0. The minimum atomic E-state index is -0.718. The van der Waals surface area contributed by atoms with E-state index in [4.69, 9.17) is 4.74 Å². The molecule has 0 heterocycles. The quantitative estimate of drug-likeness (QED) is 0.351. The Balaban J connectivity index is 1.39. The highest BCUT2D eigenvalue weighted by Crippen LogP contribution is 2.68.